The number of unbranched alkanes of at least 4 members (excludes halogenated alkanes) is 2. The van der Waals surface area contributed by atoms with Crippen LogP contribution in [-0.4, -0.2) is 164 Å². The van der Waals surface area contributed by atoms with Crippen LogP contribution in [0.25, 0.3) is 0 Å². The number of carbonyl (C=O) groups excluding carboxylic acids is 13. The van der Waals surface area contributed by atoms with Crippen LogP contribution in [-0.2, 0) is 67.1 Å². The molecule has 0 bridgehead atoms. The second-order valence-corrected chi connectivity index (χ2v) is 23.3. The van der Waals surface area contributed by atoms with Gasteiger partial charge in [0.1, 0.15) is 42.3 Å². The van der Waals surface area contributed by atoms with Crippen molar-refractivity contribution in [3.8, 4) is 0 Å². The summed E-state index contributed by atoms with van der Waals surface area (Å²) in [6.07, 6.45) is 2.02. The number of nitrogens with one attached hydrogen (secondary N) is 9. The van der Waals surface area contributed by atoms with Gasteiger partial charge in [-0.3, -0.25) is 67.1 Å². The molecule has 12 atom stereocenters. The molecule has 0 saturated carbocycles. The van der Waals surface area contributed by atoms with E-state index in [4.69, 9.17) is 22.9 Å². The lowest BCUT2D eigenvalue weighted by Gasteiger charge is -2.34. The molecule has 29 nitrogen and oxygen atoms in total. The van der Waals surface area contributed by atoms with Crippen LogP contribution >= 0.6 is 0 Å². The van der Waals surface area contributed by atoms with E-state index in [1.54, 1.807) is 55.4 Å². The van der Waals surface area contributed by atoms with Gasteiger partial charge in [-0.25, -0.2) is 0 Å². The Morgan fingerprint density at radius 2 is 1.01 bits per heavy atom. The van der Waals surface area contributed by atoms with Gasteiger partial charge >= 0.3 is 5.97 Å². The molecule has 0 rings (SSSR count). The van der Waals surface area contributed by atoms with Crippen molar-refractivity contribution in [1.82, 2.24) is 47.9 Å². The van der Waals surface area contributed by atoms with E-state index in [2.05, 4.69) is 47.9 Å². The molecule has 0 aromatic heterocycles. The predicted octanol–water partition coefficient (Wildman–Crippen LogP) is -1.97. The second kappa shape index (κ2) is 37.9. The van der Waals surface area contributed by atoms with E-state index in [-0.39, 0.29) is 43.3 Å². The number of Topliss-reactive ketones (excluding diaryl/α,β-unsaturated/α-hetero) is 2. The summed E-state index contributed by atoms with van der Waals surface area (Å²) >= 11 is 0. The van der Waals surface area contributed by atoms with Crippen LogP contribution in [0.4, 0.5) is 0 Å². The number of carboxylic acids is 1. The largest absolute Gasteiger partial charge is 0.481 e. The van der Waals surface area contributed by atoms with E-state index in [0.717, 1.165) is 0 Å². The third kappa shape index (κ3) is 28.2. The normalized spacial score (nSPS) is 16.4. The smallest absolute Gasteiger partial charge is 0.305 e. The number of allylic oxidation sites excluding steroid dienone is 2. The third-order valence-corrected chi connectivity index (χ3v) is 14.3. The number of carbonyl (C=O) groups is 14. The molecule has 0 spiro atoms. The highest BCUT2D eigenvalue weighted by molar-refractivity contribution is 6.00. The van der Waals surface area contributed by atoms with Crippen molar-refractivity contribution in [2.24, 2.45) is 40.7 Å². The minimum Gasteiger partial charge on any atom is -0.481 e. The van der Waals surface area contributed by atoms with E-state index in [1.165, 1.54) is 20.8 Å². The van der Waals surface area contributed by atoms with Gasteiger partial charge < -0.3 is 81.0 Å². The first kappa shape index (κ1) is 78.6. The van der Waals surface area contributed by atoms with E-state index in [0.29, 0.717) is 32.1 Å². The molecular weight excluding hydrogens is 1120 g/mol. The first-order chi connectivity index (χ1) is 39.8. The lowest BCUT2D eigenvalue weighted by molar-refractivity contribution is -0.142. The summed E-state index contributed by atoms with van der Waals surface area (Å²) in [7, 11) is 0. The Morgan fingerprint density at radius 3 is 1.48 bits per heavy atom. The van der Waals surface area contributed by atoms with Gasteiger partial charge in [-0.1, -0.05) is 67.0 Å². The maximum atomic E-state index is 14.0. The summed E-state index contributed by atoms with van der Waals surface area (Å²) in [5, 5.41) is 42.7. The minimum absolute atomic E-state index is 0.0162. The molecule has 29 heteroatoms. The highest BCUT2D eigenvalue weighted by Gasteiger charge is 2.40. The van der Waals surface area contributed by atoms with Crippen LogP contribution in [0.5, 0.6) is 0 Å². The number of amides is 11. The molecule has 0 aromatic carbocycles. The van der Waals surface area contributed by atoms with Gasteiger partial charge in [-0.15, -0.1) is 0 Å². The molecule has 0 radical (unpaired) electrons. The zero-order valence-corrected chi connectivity index (χ0v) is 52.3. The van der Waals surface area contributed by atoms with Gasteiger partial charge in [0.05, 0.1) is 42.5 Å². The van der Waals surface area contributed by atoms with Crippen molar-refractivity contribution in [3.05, 3.63) is 12.2 Å². The molecule has 0 unspecified atom stereocenters. The molecule has 0 aliphatic heterocycles. The molecule has 0 heterocycles. The molecule has 0 fully saturated rings. The van der Waals surface area contributed by atoms with Crippen molar-refractivity contribution in [1.29, 1.82) is 0 Å². The first-order valence-corrected chi connectivity index (χ1v) is 29.2. The van der Waals surface area contributed by atoms with E-state index in [9.17, 15) is 77.3 Å². The third-order valence-electron chi connectivity index (χ3n) is 14.3. The molecule has 0 aromatic rings. The number of rotatable bonds is 43. The highest BCUT2D eigenvalue weighted by atomic mass is 16.4. The van der Waals surface area contributed by atoms with E-state index >= 15 is 0 Å². The Bertz CT molecular complexity index is 2420. The van der Waals surface area contributed by atoms with Gasteiger partial charge in [0.25, 0.3) is 0 Å². The maximum absolute atomic E-state index is 14.0. The van der Waals surface area contributed by atoms with Crippen molar-refractivity contribution in [2.75, 3.05) is 0 Å². The topological polar surface area (TPSA) is 492 Å². The van der Waals surface area contributed by atoms with Crippen LogP contribution in [0, 0.1) is 17.8 Å². The fourth-order valence-electron chi connectivity index (χ4n) is 8.95. The van der Waals surface area contributed by atoms with Gasteiger partial charge in [0, 0.05) is 24.8 Å². The second-order valence-electron chi connectivity index (χ2n) is 23.3. The molecule has 86 heavy (non-hydrogen) atoms. The van der Waals surface area contributed by atoms with Crippen LogP contribution in [0.2, 0.25) is 0 Å². The minimum atomic E-state index is -1.76. The Kier molecular flexibility index (Phi) is 34.6. The molecule has 0 aliphatic carbocycles. The Morgan fingerprint density at radius 1 is 0.535 bits per heavy atom. The number of hydrogen-bond donors (Lipinski definition) is 15. The molecule has 488 valence electrons. The van der Waals surface area contributed by atoms with Crippen molar-refractivity contribution in [3.63, 3.8) is 0 Å². The predicted molar refractivity (Wildman–Crippen MR) is 317 cm³/mol. The average Bonchev–Trinajstić information content (AvgIpc) is 3.47. The van der Waals surface area contributed by atoms with Gasteiger partial charge in [-0.2, -0.15) is 0 Å². The summed E-state index contributed by atoms with van der Waals surface area (Å²) in [6.45, 7) is 20.9. The van der Waals surface area contributed by atoms with Crippen molar-refractivity contribution < 1.29 is 77.3 Å². The van der Waals surface area contributed by atoms with E-state index in [1.807, 2.05) is 26.0 Å². The lowest BCUT2D eigenvalue weighted by Crippen LogP contribution is -2.62. The molecular formula is C57H99N13O16. The number of hydrogen-bond acceptors (Lipinski definition) is 17. The number of aliphatic hydroxyl groups is 1. The first-order valence-electron chi connectivity index (χ1n) is 29.2. The fourth-order valence-corrected chi connectivity index (χ4v) is 8.95. The summed E-state index contributed by atoms with van der Waals surface area (Å²) in [6, 6.07) is -11.8. The van der Waals surface area contributed by atoms with Gasteiger partial charge in [-0.05, 0) is 98.3 Å². The Hall–Kier alpha value is -7.40. The van der Waals surface area contributed by atoms with Crippen LogP contribution in [0.15, 0.2) is 12.2 Å². The quantitative estimate of drug-likeness (QED) is 0.0233. The maximum Gasteiger partial charge on any atom is 0.305 e. The lowest BCUT2D eigenvalue weighted by atomic mass is 9.87. The number of nitrogens with two attached hydrogens (primary N) is 4. The summed E-state index contributed by atoms with van der Waals surface area (Å²) in [4.78, 5) is 182. The SMILES string of the molecule is CCC(=O)[C@](C)(CCC/C=C\CCC[C@](C)(NC(C)C)C(=O)N[C@H](C(=O)N[C@@H](CC(N)=O)C(=O)C(C)C)C(C)C)NC(=O)[C@H](CC(=O)O)NC(=O)[C@@H](NC(=O)[C@H](C)NC(=O)[C@H](CC(N)=O)NC(=O)[C@H](CCC(N)=O)NC(=O)[C@@H](N)[C@@H](C)O)[C@@H](C)CC. The van der Waals surface area contributed by atoms with Crippen molar-refractivity contribution in [2.45, 2.75) is 245 Å². The zero-order chi connectivity index (χ0) is 66.6. The molecule has 0 aliphatic rings. The summed E-state index contributed by atoms with van der Waals surface area (Å²) < 4.78 is 0. The summed E-state index contributed by atoms with van der Waals surface area (Å²) in [5.41, 5.74) is 18.9. The van der Waals surface area contributed by atoms with Crippen LogP contribution < -0.4 is 70.8 Å². The number of ketones is 2. The zero-order valence-electron chi connectivity index (χ0n) is 52.3. The van der Waals surface area contributed by atoms with Gasteiger partial charge in [0.2, 0.25) is 65.0 Å². The number of carboxylic acid groups (broad SMARTS) is 1. The molecule has 11 amide bonds. The number of primary amides is 3. The van der Waals surface area contributed by atoms with Gasteiger partial charge in [0.15, 0.2) is 11.6 Å². The Labute approximate surface area is 504 Å². The van der Waals surface area contributed by atoms with Crippen molar-refractivity contribution >= 4 is 82.5 Å². The van der Waals surface area contributed by atoms with Crippen LogP contribution in [0.1, 0.15) is 173 Å². The van der Waals surface area contributed by atoms with E-state index < -0.39 is 180 Å². The summed E-state index contributed by atoms with van der Waals surface area (Å²) in [5.74, 6) is -13.8. The van der Waals surface area contributed by atoms with Crippen LogP contribution in [0.3, 0.4) is 0 Å². The monoisotopic (exact) mass is 1220 g/mol. The number of aliphatic carboxylic acids is 1. The number of aliphatic hydroxyl groups excluding tert-OH is 1. The standard InChI is InChI=1S/C57H99N13O16/c1-14-32(9)46(67-48(79)33(10)62-50(81)37(27-42(60)75)65-49(80)35(22-23-40(58)73)63-52(83)44(61)34(11)71)54(85)66-38(28-43(76)77)51(82)70-56(12,39(72)15-2)24-20-18-16-17-19-21-25-57(13,69-31(7)8)55(86)68-45(29(3)4)53(84)64-36(26-41(59)74)47(78)30(5)6/h16-17,29-38,44-46,69,71H,14-15,18-28,61H2,1-13H3,(H2,58,73)(H2,59,74)(H2,60,75)(H,62,81)(H,63,83)(H,64,84)(H,65,80)(H,66,85)(H,67,79)(H,68,86)(H,70,82)(H,76,77)/b17-16-/t32-,33-,34+,35-,36-,37-,38-,44-,45-,46-,56-,57-/m0/s1. The Balaban J connectivity index is 6.17. The highest BCUT2D eigenvalue weighted by Crippen LogP contribution is 2.21. The average molecular weight is 1220 g/mol. The molecule has 0 saturated heterocycles. The molecule has 19 N–H and O–H groups in total. The fraction of sp³-hybridized carbons (Fsp3) is 0.719.